The summed E-state index contributed by atoms with van der Waals surface area (Å²) in [5, 5.41) is 2.49. The molecule has 1 heterocycles. The first kappa shape index (κ1) is 21.5. The summed E-state index contributed by atoms with van der Waals surface area (Å²) in [6, 6.07) is -1.79. The summed E-state index contributed by atoms with van der Waals surface area (Å²) >= 11 is 0. The van der Waals surface area contributed by atoms with Gasteiger partial charge in [-0.05, 0) is 39.7 Å². The summed E-state index contributed by atoms with van der Waals surface area (Å²) < 4.78 is 5.19. The number of carbonyl (C=O) groups is 4. The van der Waals surface area contributed by atoms with Crippen molar-refractivity contribution >= 4 is 23.8 Å². The van der Waals surface area contributed by atoms with Crippen LogP contribution < -0.4 is 11.1 Å². The van der Waals surface area contributed by atoms with Crippen LogP contribution in [-0.2, 0) is 19.1 Å². The number of hydrogen-bond acceptors (Lipinski definition) is 5. The van der Waals surface area contributed by atoms with Crippen LogP contribution in [0.25, 0.3) is 0 Å². The molecule has 0 aromatic heterocycles. The number of carbonyl (C=O) groups excluding carboxylic acids is 4. The molecule has 9 heteroatoms. The van der Waals surface area contributed by atoms with Crippen molar-refractivity contribution < 1.29 is 23.9 Å². The highest BCUT2D eigenvalue weighted by molar-refractivity contribution is 5.92. The number of hydrogen-bond donors (Lipinski definition) is 2. The Morgan fingerprint density at radius 2 is 2.00 bits per heavy atom. The largest absolute Gasteiger partial charge is 0.444 e. The van der Waals surface area contributed by atoms with Gasteiger partial charge in [-0.1, -0.05) is 6.58 Å². The minimum Gasteiger partial charge on any atom is -0.444 e. The van der Waals surface area contributed by atoms with Crippen molar-refractivity contribution in [1.82, 2.24) is 15.1 Å². The Kier molecular flexibility index (Phi) is 7.17. The van der Waals surface area contributed by atoms with Gasteiger partial charge in [0.25, 0.3) is 0 Å². The van der Waals surface area contributed by atoms with Crippen LogP contribution in [0.5, 0.6) is 0 Å². The first-order chi connectivity index (χ1) is 12.0. The molecule has 1 rings (SSSR count). The fourth-order valence-corrected chi connectivity index (χ4v) is 2.68. The lowest BCUT2D eigenvalue weighted by molar-refractivity contribution is -0.140. The van der Waals surface area contributed by atoms with Crippen molar-refractivity contribution in [2.75, 3.05) is 20.1 Å². The maximum atomic E-state index is 12.9. The van der Waals surface area contributed by atoms with Gasteiger partial charge in [-0.3, -0.25) is 14.4 Å². The SMILES string of the molecule is C=CC(=O)N(C)C[C@H](NC(=O)OC(C)(C)C)C(=O)N1CCCC1C(N)=O. The van der Waals surface area contributed by atoms with Gasteiger partial charge in [-0.15, -0.1) is 0 Å². The summed E-state index contributed by atoms with van der Waals surface area (Å²) in [7, 11) is 1.48. The minimum atomic E-state index is -1.07. The van der Waals surface area contributed by atoms with Crippen molar-refractivity contribution in [1.29, 1.82) is 0 Å². The van der Waals surface area contributed by atoms with E-state index in [-0.39, 0.29) is 6.54 Å². The third-order valence-corrected chi connectivity index (χ3v) is 3.86. The highest BCUT2D eigenvalue weighted by Gasteiger charge is 2.37. The number of ether oxygens (including phenoxy) is 1. The van der Waals surface area contributed by atoms with E-state index >= 15 is 0 Å². The van der Waals surface area contributed by atoms with Gasteiger partial charge in [0.05, 0.1) is 6.54 Å². The number of likely N-dealkylation sites (tertiary alicyclic amines) is 1. The van der Waals surface area contributed by atoms with Gasteiger partial charge in [0.1, 0.15) is 17.7 Å². The van der Waals surface area contributed by atoms with Gasteiger partial charge in [0.2, 0.25) is 17.7 Å². The lowest BCUT2D eigenvalue weighted by Gasteiger charge is -2.30. The van der Waals surface area contributed by atoms with Crippen LogP contribution in [0.1, 0.15) is 33.6 Å². The lowest BCUT2D eigenvalue weighted by atomic mass is 10.1. The lowest BCUT2D eigenvalue weighted by Crippen LogP contribution is -2.57. The molecule has 1 fully saturated rings. The van der Waals surface area contributed by atoms with E-state index in [1.54, 1.807) is 20.8 Å². The molecule has 0 aromatic rings. The number of likely N-dealkylation sites (N-methyl/N-ethyl adjacent to an activating group) is 1. The molecule has 0 radical (unpaired) electrons. The first-order valence-corrected chi connectivity index (χ1v) is 8.43. The topological polar surface area (TPSA) is 122 Å². The van der Waals surface area contributed by atoms with Crippen molar-refractivity contribution in [3.05, 3.63) is 12.7 Å². The number of alkyl carbamates (subject to hydrolysis) is 1. The van der Waals surface area contributed by atoms with Gasteiger partial charge in [-0.2, -0.15) is 0 Å². The highest BCUT2D eigenvalue weighted by Crippen LogP contribution is 2.18. The Balaban J connectivity index is 2.96. The van der Waals surface area contributed by atoms with E-state index in [4.69, 9.17) is 10.5 Å². The molecule has 2 atom stereocenters. The van der Waals surface area contributed by atoms with E-state index in [0.29, 0.717) is 19.4 Å². The smallest absolute Gasteiger partial charge is 0.408 e. The second-order valence-corrected chi connectivity index (χ2v) is 7.21. The average Bonchev–Trinajstić information content (AvgIpc) is 3.00. The predicted molar refractivity (Wildman–Crippen MR) is 94.9 cm³/mol. The summed E-state index contributed by atoms with van der Waals surface area (Å²) in [5.74, 6) is -1.48. The number of primary amides is 1. The third kappa shape index (κ3) is 6.05. The Labute approximate surface area is 153 Å². The van der Waals surface area contributed by atoms with Gasteiger partial charge >= 0.3 is 6.09 Å². The zero-order chi connectivity index (χ0) is 20.1. The zero-order valence-electron chi connectivity index (χ0n) is 15.8. The summed E-state index contributed by atoms with van der Waals surface area (Å²) in [6.45, 7) is 8.75. The molecule has 4 amide bonds. The molecular weight excluding hydrogens is 340 g/mol. The number of nitrogens with zero attached hydrogens (tertiary/aromatic N) is 2. The molecule has 0 aliphatic carbocycles. The monoisotopic (exact) mass is 368 g/mol. The molecule has 1 aliphatic rings. The molecule has 1 aliphatic heterocycles. The fraction of sp³-hybridized carbons (Fsp3) is 0.647. The van der Waals surface area contributed by atoms with E-state index in [1.807, 2.05) is 0 Å². The van der Waals surface area contributed by atoms with E-state index in [0.717, 1.165) is 6.08 Å². The third-order valence-electron chi connectivity index (χ3n) is 3.86. The minimum absolute atomic E-state index is 0.0923. The highest BCUT2D eigenvalue weighted by atomic mass is 16.6. The van der Waals surface area contributed by atoms with Gasteiger partial charge in [0.15, 0.2) is 0 Å². The Morgan fingerprint density at radius 1 is 1.38 bits per heavy atom. The van der Waals surface area contributed by atoms with Gasteiger partial charge < -0.3 is 25.6 Å². The molecule has 9 nitrogen and oxygen atoms in total. The van der Waals surface area contributed by atoms with Crippen molar-refractivity contribution in [3.8, 4) is 0 Å². The average molecular weight is 368 g/mol. The summed E-state index contributed by atoms with van der Waals surface area (Å²) in [4.78, 5) is 50.9. The van der Waals surface area contributed by atoms with Crippen LogP contribution in [0, 0.1) is 0 Å². The van der Waals surface area contributed by atoms with E-state index in [1.165, 1.54) is 16.8 Å². The molecule has 0 bridgehead atoms. The number of amides is 4. The Bertz CT molecular complexity index is 584. The molecule has 3 N–H and O–H groups in total. The van der Waals surface area contributed by atoms with Crippen LogP contribution in [-0.4, -0.2) is 71.4 Å². The maximum absolute atomic E-state index is 12.9. The normalized spacial score (nSPS) is 18.0. The summed E-state index contributed by atoms with van der Waals surface area (Å²) in [5.41, 5.74) is 4.61. The van der Waals surface area contributed by atoms with Crippen LogP contribution in [0.4, 0.5) is 4.79 Å². The van der Waals surface area contributed by atoms with E-state index < -0.39 is 41.5 Å². The molecular formula is C17H28N4O5. The quantitative estimate of drug-likeness (QED) is 0.639. The molecule has 1 unspecified atom stereocenters. The molecule has 1 saturated heterocycles. The van der Waals surface area contributed by atoms with Crippen molar-refractivity contribution in [3.63, 3.8) is 0 Å². The van der Waals surface area contributed by atoms with Crippen LogP contribution in [0.2, 0.25) is 0 Å². The maximum Gasteiger partial charge on any atom is 0.408 e. The molecule has 0 aromatic carbocycles. The van der Waals surface area contributed by atoms with Crippen LogP contribution in [0.3, 0.4) is 0 Å². The van der Waals surface area contributed by atoms with Gasteiger partial charge in [-0.25, -0.2) is 4.79 Å². The fourth-order valence-electron chi connectivity index (χ4n) is 2.68. The van der Waals surface area contributed by atoms with Crippen LogP contribution in [0.15, 0.2) is 12.7 Å². The molecule has 146 valence electrons. The molecule has 0 saturated carbocycles. The van der Waals surface area contributed by atoms with E-state index in [9.17, 15) is 19.2 Å². The molecule has 26 heavy (non-hydrogen) atoms. The van der Waals surface area contributed by atoms with E-state index in [2.05, 4.69) is 11.9 Å². The second-order valence-electron chi connectivity index (χ2n) is 7.21. The van der Waals surface area contributed by atoms with Gasteiger partial charge in [0, 0.05) is 13.6 Å². The molecule has 0 spiro atoms. The Hall–Kier alpha value is -2.58. The van der Waals surface area contributed by atoms with Crippen LogP contribution >= 0.6 is 0 Å². The van der Waals surface area contributed by atoms with Crippen molar-refractivity contribution in [2.45, 2.75) is 51.3 Å². The number of rotatable bonds is 6. The number of nitrogens with two attached hydrogens (primary N) is 1. The number of nitrogens with one attached hydrogen (secondary N) is 1. The zero-order valence-corrected chi connectivity index (χ0v) is 15.8. The first-order valence-electron chi connectivity index (χ1n) is 8.43. The second kappa shape index (κ2) is 8.68. The van der Waals surface area contributed by atoms with Crippen molar-refractivity contribution in [2.24, 2.45) is 5.73 Å². The predicted octanol–water partition coefficient (Wildman–Crippen LogP) is 0.000400. The Morgan fingerprint density at radius 3 is 2.50 bits per heavy atom. The summed E-state index contributed by atoms with van der Waals surface area (Å²) in [6.07, 6.45) is 1.43. The standard InChI is InChI=1S/C17H28N4O5/c1-6-13(22)20(5)10-11(19-16(25)26-17(2,3)4)15(24)21-9-7-8-12(21)14(18)23/h6,11-12H,1,7-10H2,2-5H3,(H2,18,23)(H,19,25)/t11-,12?/m0/s1.